The number of rotatable bonds is 2. The van der Waals surface area contributed by atoms with Gasteiger partial charge >= 0.3 is 13.5 Å². The monoisotopic (exact) mass is 304 g/mol. The van der Waals surface area contributed by atoms with E-state index in [1.54, 1.807) is 27.7 Å². The lowest BCUT2D eigenvalue weighted by Crippen LogP contribution is -2.41. The molecule has 0 saturated carbocycles. The summed E-state index contributed by atoms with van der Waals surface area (Å²) in [4.78, 5) is 0. The van der Waals surface area contributed by atoms with Crippen LogP contribution in [0.25, 0.3) is 0 Å². The van der Waals surface area contributed by atoms with Crippen LogP contribution < -0.4 is 10.2 Å². The summed E-state index contributed by atoms with van der Waals surface area (Å²) in [6, 6.07) is 3.43. The smallest absolute Gasteiger partial charge is 0.508 e. The molecule has 0 spiro atoms. The molecule has 4 nitrogen and oxygen atoms in total. The van der Waals surface area contributed by atoms with Crippen molar-refractivity contribution in [2.24, 2.45) is 0 Å². The van der Waals surface area contributed by atoms with Gasteiger partial charge in [0.25, 0.3) is 0 Å². The summed E-state index contributed by atoms with van der Waals surface area (Å²) in [5.41, 5.74) is -1.31. The fourth-order valence-corrected chi connectivity index (χ4v) is 1.90. The molecule has 1 heterocycles. The molecular weight excluding hydrogens is 288 g/mol. The van der Waals surface area contributed by atoms with Gasteiger partial charge in [-0.3, -0.25) is 0 Å². The molecule has 1 aliphatic rings. The van der Waals surface area contributed by atoms with E-state index < -0.39 is 30.4 Å². The number of hydrogen-bond donors (Lipinski definition) is 1. The van der Waals surface area contributed by atoms with E-state index in [1.807, 2.05) is 0 Å². The standard InChI is InChI=1S/C13H16BF3O4/c1-11(2)12(3,4)21-14(20-11)9-6-5-8(18)7-10(9)19-13(15,16)17/h5-7,18H,1-4H3. The Morgan fingerprint density at radius 2 is 1.62 bits per heavy atom. The van der Waals surface area contributed by atoms with E-state index >= 15 is 0 Å². The lowest BCUT2D eigenvalue weighted by atomic mass is 9.78. The van der Waals surface area contributed by atoms with Crippen molar-refractivity contribution in [3.05, 3.63) is 18.2 Å². The molecule has 0 aromatic heterocycles. The number of ether oxygens (including phenoxy) is 1. The molecule has 116 valence electrons. The molecule has 1 N–H and O–H groups in total. The Morgan fingerprint density at radius 3 is 2.10 bits per heavy atom. The first kappa shape index (κ1) is 16.0. The van der Waals surface area contributed by atoms with Crippen molar-refractivity contribution in [1.82, 2.24) is 0 Å². The maximum absolute atomic E-state index is 12.5. The summed E-state index contributed by atoms with van der Waals surface area (Å²) in [6.07, 6.45) is -4.87. The van der Waals surface area contributed by atoms with Gasteiger partial charge in [-0.2, -0.15) is 0 Å². The molecule has 1 fully saturated rings. The molecule has 21 heavy (non-hydrogen) atoms. The molecule has 0 radical (unpaired) electrons. The lowest BCUT2D eigenvalue weighted by Gasteiger charge is -2.32. The third kappa shape index (κ3) is 3.27. The minimum Gasteiger partial charge on any atom is -0.508 e. The van der Waals surface area contributed by atoms with Crippen LogP contribution in [0.1, 0.15) is 27.7 Å². The SMILES string of the molecule is CC1(C)OB(c2ccc(O)cc2OC(F)(F)F)OC1(C)C. The highest BCUT2D eigenvalue weighted by Gasteiger charge is 2.52. The molecule has 2 rings (SSSR count). The van der Waals surface area contributed by atoms with Gasteiger partial charge < -0.3 is 19.2 Å². The molecule has 0 atom stereocenters. The van der Waals surface area contributed by atoms with Crippen molar-refractivity contribution in [1.29, 1.82) is 0 Å². The van der Waals surface area contributed by atoms with Gasteiger partial charge in [0.2, 0.25) is 0 Å². The van der Waals surface area contributed by atoms with Gasteiger partial charge in [-0.15, -0.1) is 13.2 Å². The largest absolute Gasteiger partial charge is 0.573 e. The van der Waals surface area contributed by atoms with Crippen LogP contribution in [0, 0.1) is 0 Å². The average Bonchev–Trinajstić information content (AvgIpc) is 2.45. The van der Waals surface area contributed by atoms with Gasteiger partial charge in [-0.25, -0.2) is 0 Å². The molecule has 1 aromatic carbocycles. The maximum atomic E-state index is 12.5. The zero-order valence-electron chi connectivity index (χ0n) is 12.1. The van der Waals surface area contributed by atoms with Crippen molar-refractivity contribution >= 4 is 12.6 Å². The highest BCUT2D eigenvalue weighted by molar-refractivity contribution is 6.63. The van der Waals surface area contributed by atoms with E-state index in [4.69, 9.17) is 9.31 Å². The highest BCUT2D eigenvalue weighted by Crippen LogP contribution is 2.37. The molecule has 0 aliphatic carbocycles. The summed E-state index contributed by atoms with van der Waals surface area (Å²) in [6.45, 7) is 7.16. The van der Waals surface area contributed by atoms with Crippen LogP contribution in [0.2, 0.25) is 0 Å². The van der Waals surface area contributed by atoms with Crippen molar-refractivity contribution < 1.29 is 32.3 Å². The first-order valence-electron chi connectivity index (χ1n) is 6.36. The van der Waals surface area contributed by atoms with E-state index in [0.29, 0.717) is 0 Å². The van der Waals surface area contributed by atoms with Crippen LogP contribution in [-0.4, -0.2) is 29.8 Å². The summed E-state index contributed by atoms with van der Waals surface area (Å²) < 4.78 is 52.7. The molecule has 1 aromatic rings. The molecule has 0 bridgehead atoms. The molecular formula is C13H16BF3O4. The second-order valence-electron chi connectivity index (χ2n) is 5.86. The first-order chi connectivity index (χ1) is 9.41. The number of hydrogen-bond acceptors (Lipinski definition) is 4. The summed E-state index contributed by atoms with van der Waals surface area (Å²) >= 11 is 0. The Balaban J connectivity index is 2.37. The Morgan fingerprint density at radius 1 is 1.10 bits per heavy atom. The van der Waals surface area contributed by atoms with Crippen LogP contribution in [0.15, 0.2) is 18.2 Å². The van der Waals surface area contributed by atoms with Crippen molar-refractivity contribution in [3.63, 3.8) is 0 Å². The summed E-state index contributed by atoms with van der Waals surface area (Å²) in [7, 11) is -1.01. The first-order valence-corrected chi connectivity index (χ1v) is 6.36. The van der Waals surface area contributed by atoms with Crippen LogP contribution in [0.3, 0.4) is 0 Å². The Labute approximate surface area is 121 Å². The van der Waals surface area contributed by atoms with E-state index in [2.05, 4.69) is 4.74 Å². The van der Waals surface area contributed by atoms with E-state index in [0.717, 1.165) is 6.07 Å². The topological polar surface area (TPSA) is 47.9 Å². The Hall–Kier alpha value is -1.41. The predicted octanol–water partition coefficient (Wildman–Crippen LogP) is 2.59. The Kier molecular flexibility index (Phi) is 3.66. The predicted molar refractivity (Wildman–Crippen MR) is 70.5 cm³/mol. The van der Waals surface area contributed by atoms with Gasteiger partial charge in [0.15, 0.2) is 0 Å². The van der Waals surface area contributed by atoms with E-state index in [1.165, 1.54) is 12.1 Å². The summed E-state index contributed by atoms with van der Waals surface area (Å²) in [5, 5.41) is 9.35. The van der Waals surface area contributed by atoms with Gasteiger partial charge in [-0.1, -0.05) is 6.07 Å². The molecule has 0 amide bonds. The second kappa shape index (κ2) is 4.81. The van der Waals surface area contributed by atoms with Gasteiger partial charge in [0, 0.05) is 11.5 Å². The van der Waals surface area contributed by atoms with Crippen LogP contribution in [-0.2, 0) is 9.31 Å². The fourth-order valence-electron chi connectivity index (χ4n) is 1.90. The fraction of sp³-hybridized carbons (Fsp3) is 0.538. The number of phenolic OH excluding ortho intramolecular Hbond substituents is 1. The minimum absolute atomic E-state index is 0.0729. The van der Waals surface area contributed by atoms with Crippen molar-refractivity contribution in [3.8, 4) is 11.5 Å². The normalized spacial score (nSPS) is 20.6. The number of alkyl halides is 3. The second-order valence-corrected chi connectivity index (χ2v) is 5.86. The van der Waals surface area contributed by atoms with Gasteiger partial charge in [-0.05, 0) is 33.8 Å². The number of aromatic hydroxyl groups is 1. The van der Waals surface area contributed by atoms with Crippen LogP contribution in [0.5, 0.6) is 11.5 Å². The lowest BCUT2D eigenvalue weighted by molar-refractivity contribution is -0.274. The molecule has 8 heteroatoms. The van der Waals surface area contributed by atoms with Gasteiger partial charge in [0.1, 0.15) is 11.5 Å². The quantitative estimate of drug-likeness (QED) is 0.853. The maximum Gasteiger partial charge on any atom is 0.573 e. The Bertz CT molecular complexity index is 527. The third-order valence-electron chi connectivity index (χ3n) is 3.73. The van der Waals surface area contributed by atoms with Crippen molar-refractivity contribution in [2.75, 3.05) is 0 Å². The minimum atomic E-state index is -4.87. The zero-order valence-corrected chi connectivity index (χ0v) is 12.1. The number of benzene rings is 1. The zero-order chi connectivity index (χ0) is 16.1. The summed E-state index contributed by atoms with van der Waals surface area (Å²) in [5.74, 6) is -0.879. The molecule has 1 aliphatic heterocycles. The van der Waals surface area contributed by atoms with Gasteiger partial charge in [0.05, 0.1) is 11.2 Å². The van der Waals surface area contributed by atoms with Crippen LogP contribution >= 0.6 is 0 Å². The molecule has 1 saturated heterocycles. The average molecular weight is 304 g/mol. The van der Waals surface area contributed by atoms with E-state index in [-0.39, 0.29) is 11.2 Å². The van der Waals surface area contributed by atoms with Crippen molar-refractivity contribution in [2.45, 2.75) is 45.3 Å². The third-order valence-corrected chi connectivity index (χ3v) is 3.73. The number of phenols is 1. The number of halogens is 3. The van der Waals surface area contributed by atoms with Crippen LogP contribution in [0.4, 0.5) is 13.2 Å². The van der Waals surface area contributed by atoms with E-state index in [9.17, 15) is 18.3 Å². The molecule has 0 unspecified atom stereocenters. The highest BCUT2D eigenvalue weighted by atomic mass is 19.4.